The number of fused-ring (bicyclic) bond motifs is 4. The first-order valence-corrected chi connectivity index (χ1v) is 9.87. The molecule has 4 heterocycles. The zero-order chi connectivity index (χ0) is 19.4. The van der Waals surface area contributed by atoms with E-state index in [1.54, 1.807) is 4.57 Å². The van der Waals surface area contributed by atoms with Crippen LogP contribution < -0.4 is 10.6 Å². The Morgan fingerprint density at radius 2 is 1.69 bits per heavy atom. The molecule has 142 valence electrons. The Balaban J connectivity index is 1.43. The van der Waals surface area contributed by atoms with Gasteiger partial charge >= 0.3 is 0 Å². The molecule has 0 atom stereocenters. The summed E-state index contributed by atoms with van der Waals surface area (Å²) < 4.78 is 4.03. The van der Waals surface area contributed by atoms with Gasteiger partial charge in [-0.3, -0.25) is 9.36 Å². The van der Waals surface area contributed by atoms with E-state index in [0.29, 0.717) is 12.1 Å². The van der Waals surface area contributed by atoms with Crippen LogP contribution in [-0.4, -0.2) is 15.0 Å². The number of anilines is 2. The number of carbonyl (C=O) groups is 1. The second-order valence-electron chi connectivity index (χ2n) is 7.60. The number of aromatic nitrogens is 2. The summed E-state index contributed by atoms with van der Waals surface area (Å²) >= 11 is 0. The average Bonchev–Trinajstić information content (AvgIpc) is 3.30. The third-order valence-corrected chi connectivity index (χ3v) is 5.96. The van der Waals surface area contributed by atoms with Crippen molar-refractivity contribution in [3.8, 4) is 11.1 Å². The molecule has 0 unspecified atom stereocenters. The van der Waals surface area contributed by atoms with Gasteiger partial charge in [0.2, 0.25) is 0 Å². The van der Waals surface area contributed by atoms with E-state index >= 15 is 0 Å². The molecule has 5 heteroatoms. The van der Waals surface area contributed by atoms with E-state index in [9.17, 15) is 4.79 Å². The summed E-state index contributed by atoms with van der Waals surface area (Å²) in [5.74, 6) is 0.0164. The number of hydrogen-bond donors (Lipinski definition) is 2. The van der Waals surface area contributed by atoms with Crippen LogP contribution in [0.5, 0.6) is 0 Å². The SMILES string of the molecule is O=C1c2cc(-c3ccn4c3CNc3ccccc3C4)ccc2NCc2cccn21. The summed E-state index contributed by atoms with van der Waals surface area (Å²) in [6.07, 6.45) is 3.98. The summed E-state index contributed by atoms with van der Waals surface area (Å²) in [5, 5.41) is 6.96. The highest BCUT2D eigenvalue weighted by molar-refractivity contribution is 6.03. The van der Waals surface area contributed by atoms with Crippen LogP contribution >= 0.6 is 0 Å². The van der Waals surface area contributed by atoms with Crippen molar-refractivity contribution in [3.05, 3.63) is 95.6 Å². The standard InChI is InChI=1S/C24H20N4O/c29-24-20-12-16(7-8-22(20)25-13-18-5-3-10-28(18)24)19-9-11-27-15-17-4-1-2-6-21(17)26-14-23(19)27/h1-12,25-26H,13-15H2. The Bertz CT molecular complexity index is 1260. The second kappa shape index (κ2) is 6.14. The Labute approximate surface area is 168 Å². The van der Waals surface area contributed by atoms with Crippen molar-refractivity contribution in [2.75, 3.05) is 10.6 Å². The van der Waals surface area contributed by atoms with Crippen molar-refractivity contribution in [1.82, 2.24) is 9.13 Å². The number of carbonyl (C=O) groups excluding carboxylic acids is 1. The van der Waals surface area contributed by atoms with Crippen LogP contribution in [0.4, 0.5) is 11.4 Å². The van der Waals surface area contributed by atoms with Crippen LogP contribution in [0.3, 0.4) is 0 Å². The van der Waals surface area contributed by atoms with Crippen molar-refractivity contribution in [2.45, 2.75) is 19.6 Å². The molecule has 0 radical (unpaired) electrons. The maximum Gasteiger partial charge on any atom is 0.264 e. The van der Waals surface area contributed by atoms with Crippen molar-refractivity contribution >= 4 is 17.3 Å². The Kier molecular flexibility index (Phi) is 3.44. The molecule has 29 heavy (non-hydrogen) atoms. The topological polar surface area (TPSA) is 51.0 Å². The fraction of sp³-hybridized carbons (Fsp3) is 0.125. The van der Waals surface area contributed by atoms with Gasteiger partial charge in [-0.25, -0.2) is 0 Å². The van der Waals surface area contributed by atoms with Crippen molar-refractivity contribution in [3.63, 3.8) is 0 Å². The summed E-state index contributed by atoms with van der Waals surface area (Å²) in [4.78, 5) is 13.1. The van der Waals surface area contributed by atoms with Crippen LogP contribution in [0.1, 0.15) is 27.3 Å². The molecule has 2 aromatic carbocycles. The van der Waals surface area contributed by atoms with Crippen molar-refractivity contribution < 1.29 is 4.79 Å². The molecule has 0 bridgehead atoms. The lowest BCUT2D eigenvalue weighted by molar-refractivity contribution is 0.0960. The molecule has 0 spiro atoms. The third kappa shape index (κ3) is 2.51. The molecule has 2 aromatic heterocycles. The van der Waals surface area contributed by atoms with Gasteiger partial charge in [0.25, 0.3) is 5.91 Å². The van der Waals surface area contributed by atoms with E-state index in [2.05, 4.69) is 57.8 Å². The number of benzene rings is 2. The maximum atomic E-state index is 13.1. The molecule has 0 saturated heterocycles. The van der Waals surface area contributed by atoms with Gasteiger partial charge in [-0.05, 0) is 47.5 Å². The minimum atomic E-state index is 0.0164. The van der Waals surface area contributed by atoms with Gasteiger partial charge < -0.3 is 15.2 Å². The fourth-order valence-electron chi connectivity index (χ4n) is 4.42. The number of nitrogens with zero attached hydrogens (tertiary/aromatic N) is 2. The molecule has 5 nitrogen and oxygen atoms in total. The number of nitrogens with one attached hydrogen (secondary N) is 2. The molecule has 4 aromatic rings. The van der Waals surface area contributed by atoms with E-state index in [0.717, 1.165) is 35.6 Å². The maximum absolute atomic E-state index is 13.1. The normalized spacial score (nSPS) is 14.4. The zero-order valence-electron chi connectivity index (χ0n) is 15.9. The van der Waals surface area contributed by atoms with Gasteiger partial charge in [0.15, 0.2) is 0 Å². The Morgan fingerprint density at radius 1 is 0.793 bits per heavy atom. The van der Waals surface area contributed by atoms with Gasteiger partial charge in [0.05, 0.1) is 18.7 Å². The highest BCUT2D eigenvalue weighted by Crippen LogP contribution is 2.33. The van der Waals surface area contributed by atoms with Crippen LogP contribution in [0, 0.1) is 0 Å². The third-order valence-electron chi connectivity index (χ3n) is 5.96. The van der Waals surface area contributed by atoms with Gasteiger partial charge in [0, 0.05) is 47.3 Å². The molecule has 2 aliphatic rings. The molecule has 2 N–H and O–H groups in total. The largest absolute Gasteiger partial charge is 0.379 e. The smallest absolute Gasteiger partial charge is 0.264 e. The van der Waals surface area contributed by atoms with E-state index in [1.807, 2.05) is 30.5 Å². The minimum absolute atomic E-state index is 0.0164. The summed E-state index contributed by atoms with van der Waals surface area (Å²) in [5.41, 5.74) is 8.51. The molecule has 0 fully saturated rings. The van der Waals surface area contributed by atoms with Crippen LogP contribution in [0.2, 0.25) is 0 Å². The van der Waals surface area contributed by atoms with E-state index in [4.69, 9.17) is 0 Å². The predicted octanol–water partition coefficient (Wildman–Crippen LogP) is 4.54. The fourth-order valence-corrected chi connectivity index (χ4v) is 4.42. The molecule has 6 rings (SSSR count). The van der Waals surface area contributed by atoms with Crippen LogP contribution in [-0.2, 0) is 19.6 Å². The first kappa shape index (κ1) is 16.2. The van der Waals surface area contributed by atoms with Gasteiger partial charge in [-0.2, -0.15) is 0 Å². The van der Waals surface area contributed by atoms with E-state index < -0.39 is 0 Å². The van der Waals surface area contributed by atoms with Gasteiger partial charge in [0.1, 0.15) is 0 Å². The molecule has 0 aliphatic carbocycles. The van der Waals surface area contributed by atoms with E-state index in [-0.39, 0.29) is 5.91 Å². The summed E-state index contributed by atoms with van der Waals surface area (Å²) in [6.45, 7) is 2.25. The highest BCUT2D eigenvalue weighted by Gasteiger charge is 2.22. The van der Waals surface area contributed by atoms with Crippen LogP contribution in [0.15, 0.2) is 73.1 Å². The van der Waals surface area contributed by atoms with E-state index in [1.165, 1.54) is 16.9 Å². The minimum Gasteiger partial charge on any atom is -0.379 e. The Hall–Kier alpha value is -3.73. The highest BCUT2D eigenvalue weighted by atomic mass is 16.2. The molecule has 2 aliphatic heterocycles. The zero-order valence-corrected chi connectivity index (χ0v) is 15.9. The lowest BCUT2D eigenvalue weighted by atomic mass is 10.0. The monoisotopic (exact) mass is 380 g/mol. The molecular formula is C24H20N4O. The first-order valence-electron chi connectivity index (χ1n) is 9.87. The van der Waals surface area contributed by atoms with Gasteiger partial charge in [-0.15, -0.1) is 0 Å². The lowest BCUT2D eigenvalue weighted by Gasteiger charge is -2.11. The quantitative estimate of drug-likeness (QED) is 0.510. The number of hydrogen-bond acceptors (Lipinski definition) is 3. The summed E-state index contributed by atoms with van der Waals surface area (Å²) in [7, 11) is 0. The molecule has 0 amide bonds. The first-order chi connectivity index (χ1) is 14.3. The molecular weight excluding hydrogens is 360 g/mol. The summed E-state index contributed by atoms with van der Waals surface area (Å²) in [6, 6.07) is 20.6. The second-order valence-corrected chi connectivity index (χ2v) is 7.60. The number of rotatable bonds is 1. The van der Waals surface area contributed by atoms with Crippen LogP contribution in [0.25, 0.3) is 11.1 Å². The average molecular weight is 380 g/mol. The predicted molar refractivity (Wildman–Crippen MR) is 114 cm³/mol. The lowest BCUT2D eigenvalue weighted by Crippen LogP contribution is -2.11. The number of para-hydroxylation sites is 1. The van der Waals surface area contributed by atoms with Gasteiger partial charge in [-0.1, -0.05) is 24.3 Å². The van der Waals surface area contributed by atoms with Crippen molar-refractivity contribution in [1.29, 1.82) is 0 Å². The Morgan fingerprint density at radius 3 is 2.66 bits per heavy atom. The van der Waals surface area contributed by atoms with Crippen molar-refractivity contribution in [2.24, 2.45) is 0 Å². The molecule has 0 saturated carbocycles.